The second-order valence-electron chi connectivity index (χ2n) is 4.03. The molecule has 1 unspecified atom stereocenters. The van der Waals surface area contributed by atoms with E-state index in [-0.39, 0.29) is 18.3 Å². The topological polar surface area (TPSA) is 38.7 Å². The van der Waals surface area contributed by atoms with E-state index in [9.17, 15) is 5.11 Å². The molecule has 4 heteroatoms. The van der Waals surface area contributed by atoms with Crippen molar-refractivity contribution in [3.05, 3.63) is 0 Å². The number of ether oxygens (including phenoxy) is 2. The average Bonchev–Trinajstić information content (AvgIpc) is 2.62. The summed E-state index contributed by atoms with van der Waals surface area (Å²) in [6.45, 7) is 0. The van der Waals surface area contributed by atoms with Crippen LogP contribution in [0.3, 0.4) is 0 Å². The highest BCUT2D eigenvalue weighted by atomic mass is 32.2. The van der Waals surface area contributed by atoms with Crippen LogP contribution >= 0.6 is 0 Å². The minimum atomic E-state index is -0.315. The molecule has 5 atom stereocenters. The van der Waals surface area contributed by atoms with Gasteiger partial charge in [0, 0.05) is 27.1 Å². The van der Waals surface area contributed by atoms with Crippen molar-refractivity contribution in [2.75, 3.05) is 25.7 Å². The largest absolute Gasteiger partial charge is 0.385 e. The molecule has 0 bridgehead atoms. The van der Waals surface area contributed by atoms with Gasteiger partial charge in [-0.05, 0) is 10.9 Å². The molecule has 0 aromatic rings. The normalized spacial score (nSPS) is 47.8. The molecule has 0 aliphatic carbocycles. The van der Waals surface area contributed by atoms with Crippen LogP contribution in [0.15, 0.2) is 0 Å². The third-order valence-electron chi connectivity index (χ3n) is 3.40. The molecule has 0 radical (unpaired) electrons. The van der Waals surface area contributed by atoms with Crippen LogP contribution in [0.2, 0.25) is 0 Å². The van der Waals surface area contributed by atoms with Gasteiger partial charge in [-0.1, -0.05) is 0 Å². The van der Waals surface area contributed by atoms with Gasteiger partial charge in [-0.3, -0.25) is 0 Å². The minimum Gasteiger partial charge on any atom is -0.385 e. The molecule has 2 saturated heterocycles. The van der Waals surface area contributed by atoms with Crippen molar-refractivity contribution < 1.29 is 14.6 Å². The lowest BCUT2D eigenvalue weighted by molar-refractivity contribution is -0.0397. The van der Waals surface area contributed by atoms with Crippen LogP contribution in [-0.2, 0) is 20.4 Å². The summed E-state index contributed by atoms with van der Waals surface area (Å²) >= 11 is 0. The minimum absolute atomic E-state index is 0.0273. The van der Waals surface area contributed by atoms with E-state index in [0.29, 0.717) is 16.1 Å². The fourth-order valence-corrected chi connectivity index (χ4v) is 5.66. The Morgan fingerprint density at radius 3 is 2.21 bits per heavy atom. The first-order valence-electron chi connectivity index (χ1n) is 5.18. The van der Waals surface area contributed by atoms with Crippen LogP contribution in [0.5, 0.6) is 0 Å². The molecule has 82 valence electrons. The van der Waals surface area contributed by atoms with Crippen molar-refractivity contribution in [2.45, 2.75) is 36.4 Å². The number of aliphatic hydroxyl groups is 1. The van der Waals surface area contributed by atoms with Gasteiger partial charge in [0.2, 0.25) is 0 Å². The molecular weight excluding hydrogens is 200 g/mol. The summed E-state index contributed by atoms with van der Waals surface area (Å²) in [7, 11) is 3.82. The molecule has 2 heterocycles. The maximum absolute atomic E-state index is 10.1. The summed E-state index contributed by atoms with van der Waals surface area (Å²) in [5.74, 6) is 2.44. The molecular formula is C10H19O3S+. The molecule has 0 aromatic carbocycles. The lowest BCUT2D eigenvalue weighted by Gasteiger charge is -2.32. The van der Waals surface area contributed by atoms with E-state index in [0.717, 1.165) is 12.8 Å². The number of hydrogen-bond acceptors (Lipinski definition) is 3. The van der Waals surface area contributed by atoms with Gasteiger partial charge in [0.05, 0.1) is 6.10 Å². The Hall–Kier alpha value is 0.230. The second kappa shape index (κ2) is 4.39. The average molecular weight is 219 g/mol. The highest BCUT2D eigenvalue weighted by Gasteiger charge is 2.54. The quantitative estimate of drug-likeness (QED) is 0.673. The van der Waals surface area contributed by atoms with Crippen molar-refractivity contribution in [2.24, 2.45) is 0 Å². The number of methoxy groups -OCH3 is 2. The van der Waals surface area contributed by atoms with Gasteiger partial charge < -0.3 is 14.6 Å². The van der Waals surface area contributed by atoms with E-state index >= 15 is 0 Å². The molecule has 3 nitrogen and oxygen atoms in total. The van der Waals surface area contributed by atoms with Crippen LogP contribution in [0, 0.1) is 0 Å². The van der Waals surface area contributed by atoms with E-state index in [1.54, 1.807) is 14.2 Å². The van der Waals surface area contributed by atoms with Crippen LogP contribution in [0.25, 0.3) is 0 Å². The molecule has 2 aliphatic rings. The number of rotatable bonds is 2. The summed E-state index contributed by atoms with van der Waals surface area (Å²) in [5.41, 5.74) is 0. The smallest absolute Gasteiger partial charge is 0.172 e. The van der Waals surface area contributed by atoms with E-state index in [2.05, 4.69) is 0 Å². The zero-order valence-electron chi connectivity index (χ0n) is 8.81. The second-order valence-corrected chi connectivity index (χ2v) is 6.46. The Labute approximate surface area is 88.1 Å². The molecule has 1 N–H and O–H groups in total. The molecule has 14 heavy (non-hydrogen) atoms. The lowest BCUT2D eigenvalue weighted by atomic mass is 10.0. The van der Waals surface area contributed by atoms with Crippen LogP contribution < -0.4 is 0 Å². The monoisotopic (exact) mass is 219 g/mol. The Balaban J connectivity index is 2.08. The number of fused-ring (bicyclic) bond motifs is 1. The summed E-state index contributed by atoms with van der Waals surface area (Å²) in [6.07, 6.45) is 2.08. The number of hydrogen-bond donors (Lipinski definition) is 1. The Kier molecular flexibility index (Phi) is 3.37. The summed E-state index contributed by atoms with van der Waals surface area (Å²) in [5, 5.41) is 10.5. The maximum atomic E-state index is 10.1. The van der Waals surface area contributed by atoms with Crippen molar-refractivity contribution >= 4 is 10.9 Å². The predicted molar refractivity (Wildman–Crippen MR) is 57.7 cm³/mol. The van der Waals surface area contributed by atoms with E-state index in [1.807, 2.05) is 0 Å². The first kappa shape index (κ1) is 10.7. The first-order chi connectivity index (χ1) is 6.77. The van der Waals surface area contributed by atoms with Gasteiger partial charge in [0.25, 0.3) is 0 Å². The van der Waals surface area contributed by atoms with Gasteiger partial charge in [0.15, 0.2) is 5.25 Å². The standard InChI is InChI=1S/C10H19O3S/c1-12-7-3-5-14-6-4-8(13-2)10(14)9(7)11/h7-11H,3-6H2,1-2H3/q+1/t7-,8-,9-,10+,14?/m0/s1. The zero-order valence-corrected chi connectivity index (χ0v) is 9.63. The molecule has 0 aromatic heterocycles. The highest BCUT2D eigenvalue weighted by molar-refractivity contribution is 7.97. The van der Waals surface area contributed by atoms with Crippen molar-refractivity contribution in [1.29, 1.82) is 0 Å². The van der Waals surface area contributed by atoms with Crippen molar-refractivity contribution in [1.82, 2.24) is 0 Å². The van der Waals surface area contributed by atoms with Gasteiger partial charge in [-0.25, -0.2) is 0 Å². The van der Waals surface area contributed by atoms with Gasteiger partial charge in [0.1, 0.15) is 23.7 Å². The Morgan fingerprint density at radius 2 is 1.64 bits per heavy atom. The van der Waals surface area contributed by atoms with Crippen molar-refractivity contribution in [3.63, 3.8) is 0 Å². The molecule has 2 fully saturated rings. The summed E-state index contributed by atoms with van der Waals surface area (Å²) in [6, 6.07) is 0. The third kappa shape index (κ3) is 1.69. The highest BCUT2D eigenvalue weighted by Crippen LogP contribution is 2.34. The van der Waals surface area contributed by atoms with E-state index in [4.69, 9.17) is 9.47 Å². The first-order valence-corrected chi connectivity index (χ1v) is 6.80. The third-order valence-corrected chi connectivity index (χ3v) is 6.28. The van der Waals surface area contributed by atoms with Crippen molar-refractivity contribution in [3.8, 4) is 0 Å². The maximum Gasteiger partial charge on any atom is 0.172 e. The molecule has 0 spiro atoms. The Morgan fingerprint density at radius 1 is 1.07 bits per heavy atom. The lowest BCUT2D eigenvalue weighted by Crippen LogP contribution is -2.51. The molecule has 0 amide bonds. The SMILES string of the molecule is CO[C@H]1CC[S+]2CC[C@H](OC)[C@@H]2[C@H]1O. The molecule has 2 rings (SSSR count). The van der Waals surface area contributed by atoms with Gasteiger partial charge >= 0.3 is 0 Å². The fourth-order valence-electron chi connectivity index (χ4n) is 2.60. The summed E-state index contributed by atoms with van der Waals surface area (Å²) < 4.78 is 10.7. The fraction of sp³-hybridized carbons (Fsp3) is 1.00. The van der Waals surface area contributed by atoms with Crippen LogP contribution in [0.4, 0.5) is 0 Å². The summed E-state index contributed by atoms with van der Waals surface area (Å²) in [4.78, 5) is 0. The molecule has 2 aliphatic heterocycles. The van der Waals surface area contributed by atoms with Crippen LogP contribution in [-0.4, -0.2) is 54.4 Å². The van der Waals surface area contributed by atoms with E-state index < -0.39 is 0 Å². The zero-order chi connectivity index (χ0) is 10.1. The van der Waals surface area contributed by atoms with E-state index in [1.165, 1.54) is 11.5 Å². The predicted octanol–water partition coefficient (Wildman–Crippen LogP) is 0.172. The Bertz CT molecular complexity index is 194. The number of aliphatic hydroxyl groups excluding tert-OH is 1. The molecule has 0 saturated carbocycles. The van der Waals surface area contributed by atoms with Gasteiger partial charge in [-0.15, -0.1) is 0 Å². The van der Waals surface area contributed by atoms with Gasteiger partial charge in [-0.2, -0.15) is 0 Å². The van der Waals surface area contributed by atoms with Crippen LogP contribution in [0.1, 0.15) is 12.8 Å².